The van der Waals surface area contributed by atoms with Crippen LogP contribution in [0.3, 0.4) is 0 Å². The van der Waals surface area contributed by atoms with Gasteiger partial charge in [-0.2, -0.15) is 0 Å². The van der Waals surface area contributed by atoms with Crippen LogP contribution in [0.15, 0.2) is 60.9 Å². The summed E-state index contributed by atoms with van der Waals surface area (Å²) in [4.78, 5) is 13.2. The van der Waals surface area contributed by atoms with E-state index in [1.165, 1.54) is 6.33 Å². The van der Waals surface area contributed by atoms with Crippen LogP contribution in [-0.2, 0) is 0 Å². The van der Waals surface area contributed by atoms with Gasteiger partial charge in [-0.3, -0.25) is 0 Å². The molecule has 0 saturated heterocycles. The Labute approximate surface area is 153 Å². The van der Waals surface area contributed by atoms with Crippen molar-refractivity contribution in [3.63, 3.8) is 0 Å². The minimum absolute atomic E-state index is 0.0634. The molecule has 0 saturated carbocycles. The average molecular weight is 349 g/mol. The van der Waals surface area contributed by atoms with E-state index in [0.29, 0.717) is 23.8 Å². The highest BCUT2D eigenvalue weighted by molar-refractivity contribution is 5.66. The molecule has 3 rings (SSSR count). The topological polar surface area (TPSA) is 68.1 Å². The Kier molecular flexibility index (Phi) is 5.92. The monoisotopic (exact) mass is 349 g/mol. The van der Waals surface area contributed by atoms with Gasteiger partial charge in [-0.05, 0) is 25.5 Å². The van der Waals surface area contributed by atoms with Crippen LogP contribution in [0, 0.1) is 0 Å². The van der Waals surface area contributed by atoms with Crippen molar-refractivity contribution in [2.45, 2.75) is 38.9 Å². The standard InChI is InChI=1S/C21H23N3O2/c1-3-17(13-15(2)25)26-19-12-8-7-11-18(19)21-23-14-22-20(24-21)16-9-5-4-6-10-16/h4-12,14-15,17,25H,3,13H2,1-2H3. The molecule has 0 aliphatic rings. The van der Waals surface area contributed by atoms with E-state index >= 15 is 0 Å². The summed E-state index contributed by atoms with van der Waals surface area (Å²) in [6.45, 7) is 3.82. The van der Waals surface area contributed by atoms with Gasteiger partial charge in [0.1, 0.15) is 18.2 Å². The number of aliphatic hydroxyl groups is 1. The molecule has 1 N–H and O–H groups in total. The molecule has 1 aromatic heterocycles. The van der Waals surface area contributed by atoms with E-state index in [1.54, 1.807) is 6.92 Å². The van der Waals surface area contributed by atoms with Gasteiger partial charge in [0.15, 0.2) is 11.6 Å². The number of para-hydroxylation sites is 1. The average Bonchev–Trinajstić information content (AvgIpc) is 2.68. The first-order valence-electron chi connectivity index (χ1n) is 8.86. The minimum atomic E-state index is -0.408. The van der Waals surface area contributed by atoms with Gasteiger partial charge in [0.2, 0.25) is 0 Å². The van der Waals surface area contributed by atoms with Crippen molar-refractivity contribution >= 4 is 0 Å². The zero-order valence-electron chi connectivity index (χ0n) is 15.0. The van der Waals surface area contributed by atoms with Crippen molar-refractivity contribution < 1.29 is 9.84 Å². The summed E-state index contributed by atoms with van der Waals surface area (Å²) in [5.74, 6) is 1.91. The molecule has 0 aliphatic heterocycles. The van der Waals surface area contributed by atoms with Gasteiger partial charge in [-0.15, -0.1) is 0 Å². The van der Waals surface area contributed by atoms with Gasteiger partial charge in [0, 0.05) is 12.0 Å². The van der Waals surface area contributed by atoms with E-state index in [-0.39, 0.29) is 6.10 Å². The number of nitrogens with zero attached hydrogens (tertiary/aromatic N) is 3. The summed E-state index contributed by atoms with van der Waals surface area (Å²) in [6.07, 6.45) is 2.44. The molecule has 2 atom stereocenters. The molecule has 0 amide bonds. The third-order valence-corrected chi connectivity index (χ3v) is 4.08. The fraction of sp³-hybridized carbons (Fsp3) is 0.286. The van der Waals surface area contributed by atoms with Crippen LogP contribution in [0.25, 0.3) is 22.8 Å². The third kappa shape index (κ3) is 4.43. The third-order valence-electron chi connectivity index (χ3n) is 4.08. The Bertz CT molecular complexity index is 837. The summed E-state index contributed by atoms with van der Waals surface area (Å²) < 4.78 is 6.15. The molecule has 0 spiro atoms. The molecule has 2 unspecified atom stereocenters. The van der Waals surface area contributed by atoms with Gasteiger partial charge >= 0.3 is 0 Å². The lowest BCUT2D eigenvalue weighted by Crippen LogP contribution is -2.21. The van der Waals surface area contributed by atoms with Crippen LogP contribution in [0.5, 0.6) is 5.75 Å². The molecule has 134 valence electrons. The van der Waals surface area contributed by atoms with E-state index < -0.39 is 6.10 Å². The van der Waals surface area contributed by atoms with E-state index in [4.69, 9.17) is 4.74 Å². The fourth-order valence-electron chi connectivity index (χ4n) is 2.76. The summed E-state index contributed by atoms with van der Waals surface area (Å²) in [6, 6.07) is 17.5. The van der Waals surface area contributed by atoms with Crippen LogP contribution in [-0.4, -0.2) is 32.3 Å². The zero-order valence-corrected chi connectivity index (χ0v) is 15.0. The lowest BCUT2D eigenvalue weighted by molar-refractivity contribution is 0.104. The minimum Gasteiger partial charge on any atom is -0.490 e. The number of ether oxygens (including phenoxy) is 1. The summed E-state index contributed by atoms with van der Waals surface area (Å²) in [7, 11) is 0. The van der Waals surface area contributed by atoms with Crippen LogP contribution >= 0.6 is 0 Å². The van der Waals surface area contributed by atoms with E-state index in [9.17, 15) is 5.11 Å². The van der Waals surface area contributed by atoms with Gasteiger partial charge < -0.3 is 9.84 Å². The maximum Gasteiger partial charge on any atom is 0.167 e. The van der Waals surface area contributed by atoms with Crippen LogP contribution in [0.2, 0.25) is 0 Å². The Morgan fingerprint density at radius 2 is 1.65 bits per heavy atom. The van der Waals surface area contributed by atoms with Gasteiger partial charge in [-0.25, -0.2) is 15.0 Å². The molecule has 5 heteroatoms. The SMILES string of the molecule is CCC(CC(C)O)Oc1ccccc1-c1ncnc(-c2ccccc2)n1. The molecule has 3 aromatic rings. The van der Waals surface area contributed by atoms with Crippen LogP contribution in [0.4, 0.5) is 0 Å². The highest BCUT2D eigenvalue weighted by atomic mass is 16.5. The van der Waals surface area contributed by atoms with E-state index in [2.05, 4.69) is 15.0 Å². The molecule has 0 aliphatic carbocycles. The first kappa shape index (κ1) is 18.0. The van der Waals surface area contributed by atoms with Crippen molar-refractivity contribution in [2.75, 3.05) is 0 Å². The van der Waals surface area contributed by atoms with E-state index in [0.717, 1.165) is 17.5 Å². The first-order valence-corrected chi connectivity index (χ1v) is 8.86. The predicted molar refractivity (Wildman–Crippen MR) is 102 cm³/mol. The largest absolute Gasteiger partial charge is 0.490 e. The first-order chi connectivity index (χ1) is 12.7. The maximum absolute atomic E-state index is 9.67. The Balaban J connectivity index is 1.93. The van der Waals surface area contributed by atoms with Crippen molar-refractivity contribution in [2.24, 2.45) is 0 Å². The van der Waals surface area contributed by atoms with Crippen molar-refractivity contribution in [3.8, 4) is 28.5 Å². The maximum atomic E-state index is 9.67. The van der Waals surface area contributed by atoms with Crippen molar-refractivity contribution in [3.05, 3.63) is 60.9 Å². The van der Waals surface area contributed by atoms with Crippen molar-refractivity contribution in [1.29, 1.82) is 0 Å². The van der Waals surface area contributed by atoms with Gasteiger partial charge in [-0.1, -0.05) is 49.4 Å². The normalized spacial score (nSPS) is 13.2. The lowest BCUT2D eigenvalue weighted by Gasteiger charge is -2.20. The predicted octanol–water partition coefficient (Wildman–Crippen LogP) is 4.13. The highest BCUT2D eigenvalue weighted by Gasteiger charge is 2.16. The molecule has 0 bridgehead atoms. The van der Waals surface area contributed by atoms with E-state index in [1.807, 2.05) is 61.5 Å². The Morgan fingerprint density at radius 1 is 0.962 bits per heavy atom. The number of hydrogen-bond donors (Lipinski definition) is 1. The van der Waals surface area contributed by atoms with Crippen LogP contribution in [0.1, 0.15) is 26.7 Å². The fourth-order valence-corrected chi connectivity index (χ4v) is 2.76. The molecule has 5 nitrogen and oxygen atoms in total. The van der Waals surface area contributed by atoms with Crippen LogP contribution < -0.4 is 4.74 Å². The van der Waals surface area contributed by atoms with Gasteiger partial charge in [0.05, 0.1) is 11.7 Å². The second-order valence-electron chi connectivity index (χ2n) is 6.23. The smallest absolute Gasteiger partial charge is 0.167 e. The molecular weight excluding hydrogens is 326 g/mol. The number of aromatic nitrogens is 3. The summed E-state index contributed by atoms with van der Waals surface area (Å²) in [5, 5.41) is 9.67. The Morgan fingerprint density at radius 3 is 2.38 bits per heavy atom. The number of hydrogen-bond acceptors (Lipinski definition) is 5. The summed E-state index contributed by atoms with van der Waals surface area (Å²) in [5.41, 5.74) is 1.76. The zero-order chi connectivity index (χ0) is 18.4. The molecule has 0 radical (unpaired) electrons. The molecule has 26 heavy (non-hydrogen) atoms. The summed E-state index contributed by atoms with van der Waals surface area (Å²) >= 11 is 0. The molecule has 2 aromatic carbocycles. The van der Waals surface area contributed by atoms with Gasteiger partial charge in [0.25, 0.3) is 0 Å². The second-order valence-corrected chi connectivity index (χ2v) is 6.23. The lowest BCUT2D eigenvalue weighted by atomic mass is 10.1. The highest BCUT2D eigenvalue weighted by Crippen LogP contribution is 2.29. The Hall–Kier alpha value is -2.79. The second kappa shape index (κ2) is 8.54. The quantitative estimate of drug-likeness (QED) is 0.694. The molecule has 0 fully saturated rings. The molecule has 1 heterocycles. The van der Waals surface area contributed by atoms with Crippen molar-refractivity contribution in [1.82, 2.24) is 15.0 Å². The molecular formula is C21H23N3O2. The number of rotatable bonds is 7. The number of benzene rings is 2. The number of aliphatic hydroxyl groups excluding tert-OH is 1.